The van der Waals surface area contributed by atoms with Crippen LogP contribution in [0.2, 0.25) is 0 Å². The average Bonchev–Trinajstić information content (AvgIpc) is 2.53. The van der Waals surface area contributed by atoms with Gasteiger partial charge in [-0.25, -0.2) is 9.37 Å². The number of aromatic nitrogens is 1. The van der Waals surface area contributed by atoms with Crippen molar-refractivity contribution in [2.75, 3.05) is 20.3 Å². The Bertz CT molecular complexity index is 602. The number of carbonyl (C=O) groups excluding carboxylic acids is 1. The van der Waals surface area contributed by atoms with E-state index in [2.05, 4.69) is 10.3 Å². The second-order valence-corrected chi connectivity index (χ2v) is 4.12. The summed E-state index contributed by atoms with van der Waals surface area (Å²) in [5.74, 6) is 0.209. The summed E-state index contributed by atoms with van der Waals surface area (Å²) < 4.78 is 23.1. The molecule has 0 bridgehead atoms. The van der Waals surface area contributed by atoms with E-state index < -0.39 is 0 Å². The fraction of sp³-hybridized carbons (Fsp3) is 0.200. The maximum atomic E-state index is 12.7. The number of halogens is 1. The first-order chi connectivity index (χ1) is 10.2. The van der Waals surface area contributed by atoms with Gasteiger partial charge in [0.15, 0.2) is 0 Å². The highest BCUT2D eigenvalue weighted by Gasteiger charge is 2.11. The fourth-order valence-electron chi connectivity index (χ4n) is 1.69. The molecule has 110 valence electrons. The van der Waals surface area contributed by atoms with Gasteiger partial charge in [0.05, 0.1) is 13.7 Å². The lowest BCUT2D eigenvalue weighted by Gasteiger charge is -2.09. The van der Waals surface area contributed by atoms with E-state index in [0.29, 0.717) is 17.9 Å². The molecule has 0 aliphatic rings. The Labute approximate surface area is 121 Å². The standard InChI is InChI=1S/C15H15FN2O3/c1-20-15-13(3-2-8-18-15)14(19)17-9-10-21-12-6-4-11(16)5-7-12/h2-8H,9-10H2,1H3,(H,17,19). The summed E-state index contributed by atoms with van der Waals surface area (Å²) in [7, 11) is 1.46. The smallest absolute Gasteiger partial charge is 0.256 e. The summed E-state index contributed by atoms with van der Waals surface area (Å²) in [6, 6.07) is 8.97. The molecule has 21 heavy (non-hydrogen) atoms. The normalized spacial score (nSPS) is 10.0. The lowest BCUT2D eigenvalue weighted by Crippen LogP contribution is -2.28. The molecule has 2 aromatic rings. The zero-order valence-corrected chi connectivity index (χ0v) is 11.5. The molecule has 1 amide bonds. The number of hydrogen-bond donors (Lipinski definition) is 1. The Morgan fingerprint density at radius 2 is 2.05 bits per heavy atom. The molecular formula is C15H15FN2O3. The van der Waals surface area contributed by atoms with Crippen LogP contribution in [0.5, 0.6) is 11.6 Å². The van der Waals surface area contributed by atoms with Crippen molar-refractivity contribution in [2.24, 2.45) is 0 Å². The average molecular weight is 290 g/mol. The third kappa shape index (κ3) is 4.17. The highest BCUT2D eigenvalue weighted by atomic mass is 19.1. The van der Waals surface area contributed by atoms with Crippen LogP contribution >= 0.6 is 0 Å². The summed E-state index contributed by atoms with van der Waals surface area (Å²) in [6.45, 7) is 0.591. The van der Waals surface area contributed by atoms with Crippen molar-refractivity contribution in [3.8, 4) is 11.6 Å². The molecule has 0 unspecified atom stereocenters. The van der Waals surface area contributed by atoms with Gasteiger partial charge in [-0.2, -0.15) is 0 Å². The van der Waals surface area contributed by atoms with Crippen molar-refractivity contribution < 1.29 is 18.7 Å². The van der Waals surface area contributed by atoms with Gasteiger partial charge >= 0.3 is 0 Å². The molecule has 0 atom stereocenters. The SMILES string of the molecule is COc1ncccc1C(=O)NCCOc1ccc(F)cc1. The summed E-state index contributed by atoms with van der Waals surface area (Å²) in [4.78, 5) is 15.9. The van der Waals surface area contributed by atoms with Crippen LogP contribution in [-0.2, 0) is 0 Å². The lowest BCUT2D eigenvalue weighted by atomic mass is 10.2. The van der Waals surface area contributed by atoms with Crippen molar-refractivity contribution in [3.05, 3.63) is 54.0 Å². The van der Waals surface area contributed by atoms with Crippen molar-refractivity contribution in [1.29, 1.82) is 0 Å². The third-order valence-corrected chi connectivity index (χ3v) is 2.68. The van der Waals surface area contributed by atoms with E-state index in [1.807, 2.05) is 0 Å². The Kier molecular flexibility index (Phi) is 5.09. The molecule has 5 nitrogen and oxygen atoms in total. The maximum Gasteiger partial charge on any atom is 0.256 e. The second kappa shape index (κ2) is 7.23. The number of ether oxygens (including phenoxy) is 2. The molecule has 1 aromatic carbocycles. The van der Waals surface area contributed by atoms with Crippen LogP contribution in [0.1, 0.15) is 10.4 Å². The van der Waals surface area contributed by atoms with Crippen LogP contribution in [0.3, 0.4) is 0 Å². The predicted octanol–water partition coefficient (Wildman–Crippen LogP) is 2.04. The number of nitrogens with zero attached hydrogens (tertiary/aromatic N) is 1. The number of rotatable bonds is 6. The van der Waals surface area contributed by atoms with E-state index in [4.69, 9.17) is 9.47 Å². The molecule has 0 spiro atoms. The number of amides is 1. The maximum absolute atomic E-state index is 12.7. The van der Waals surface area contributed by atoms with Gasteiger partial charge in [-0.15, -0.1) is 0 Å². The highest BCUT2D eigenvalue weighted by Crippen LogP contribution is 2.13. The molecule has 0 fully saturated rings. The van der Waals surface area contributed by atoms with Crippen LogP contribution < -0.4 is 14.8 Å². The van der Waals surface area contributed by atoms with Gasteiger partial charge in [-0.3, -0.25) is 4.79 Å². The fourth-order valence-corrected chi connectivity index (χ4v) is 1.69. The van der Waals surface area contributed by atoms with E-state index in [0.717, 1.165) is 0 Å². The van der Waals surface area contributed by atoms with Gasteiger partial charge in [0.1, 0.15) is 23.7 Å². The summed E-state index contributed by atoms with van der Waals surface area (Å²) in [5, 5.41) is 2.70. The van der Waals surface area contributed by atoms with Gasteiger partial charge in [-0.05, 0) is 36.4 Å². The van der Waals surface area contributed by atoms with Gasteiger partial charge < -0.3 is 14.8 Å². The summed E-state index contributed by atoms with van der Waals surface area (Å²) >= 11 is 0. The largest absolute Gasteiger partial charge is 0.492 e. The lowest BCUT2D eigenvalue weighted by molar-refractivity contribution is 0.0943. The van der Waals surface area contributed by atoms with Crippen LogP contribution in [0.25, 0.3) is 0 Å². The molecule has 1 aromatic heterocycles. The molecule has 0 aliphatic heterocycles. The van der Waals surface area contributed by atoms with E-state index >= 15 is 0 Å². The molecule has 0 aliphatic carbocycles. The van der Waals surface area contributed by atoms with Crippen LogP contribution in [-0.4, -0.2) is 31.2 Å². The number of benzene rings is 1. The van der Waals surface area contributed by atoms with E-state index in [-0.39, 0.29) is 24.2 Å². The first-order valence-electron chi connectivity index (χ1n) is 6.36. The van der Waals surface area contributed by atoms with E-state index in [1.54, 1.807) is 18.3 Å². The number of hydrogen-bond acceptors (Lipinski definition) is 4. The number of methoxy groups -OCH3 is 1. The molecule has 0 saturated heterocycles. The second-order valence-electron chi connectivity index (χ2n) is 4.12. The van der Waals surface area contributed by atoms with Crippen molar-refractivity contribution in [3.63, 3.8) is 0 Å². The Morgan fingerprint density at radius 1 is 1.29 bits per heavy atom. The monoisotopic (exact) mass is 290 g/mol. The van der Waals surface area contributed by atoms with Crippen LogP contribution in [0, 0.1) is 5.82 Å². The van der Waals surface area contributed by atoms with E-state index in [9.17, 15) is 9.18 Å². The Hall–Kier alpha value is -2.63. The first kappa shape index (κ1) is 14.8. The summed E-state index contributed by atoms with van der Waals surface area (Å²) in [5.41, 5.74) is 0.363. The van der Waals surface area contributed by atoms with Crippen molar-refractivity contribution in [2.45, 2.75) is 0 Å². The van der Waals surface area contributed by atoms with Crippen molar-refractivity contribution >= 4 is 5.91 Å². The quantitative estimate of drug-likeness (QED) is 0.827. The van der Waals surface area contributed by atoms with Gasteiger partial charge in [-0.1, -0.05) is 0 Å². The number of nitrogens with one attached hydrogen (secondary N) is 1. The Balaban J connectivity index is 1.80. The van der Waals surface area contributed by atoms with Crippen LogP contribution in [0.4, 0.5) is 4.39 Å². The zero-order chi connectivity index (χ0) is 15.1. The third-order valence-electron chi connectivity index (χ3n) is 2.68. The highest BCUT2D eigenvalue weighted by molar-refractivity contribution is 5.96. The molecule has 1 heterocycles. The molecule has 1 N–H and O–H groups in total. The van der Waals surface area contributed by atoms with E-state index in [1.165, 1.54) is 31.4 Å². The van der Waals surface area contributed by atoms with Crippen LogP contribution in [0.15, 0.2) is 42.6 Å². The first-order valence-corrected chi connectivity index (χ1v) is 6.36. The molecular weight excluding hydrogens is 275 g/mol. The van der Waals surface area contributed by atoms with Crippen molar-refractivity contribution in [1.82, 2.24) is 10.3 Å². The zero-order valence-electron chi connectivity index (χ0n) is 11.5. The minimum atomic E-state index is -0.320. The van der Waals surface area contributed by atoms with Gasteiger partial charge in [0.25, 0.3) is 5.91 Å². The van der Waals surface area contributed by atoms with Gasteiger partial charge in [0, 0.05) is 6.20 Å². The molecule has 0 radical (unpaired) electrons. The predicted molar refractivity (Wildman–Crippen MR) is 75.0 cm³/mol. The van der Waals surface area contributed by atoms with Gasteiger partial charge in [0.2, 0.25) is 5.88 Å². The molecule has 2 rings (SSSR count). The number of carbonyl (C=O) groups is 1. The summed E-state index contributed by atoms with van der Waals surface area (Å²) in [6.07, 6.45) is 1.55. The topological polar surface area (TPSA) is 60.5 Å². The minimum Gasteiger partial charge on any atom is -0.492 e. The molecule has 0 saturated carbocycles. The molecule has 6 heteroatoms. The number of pyridine rings is 1. The Morgan fingerprint density at radius 3 is 2.76 bits per heavy atom. The minimum absolute atomic E-state index is 0.273.